The molecule has 1 amide bonds. The van der Waals surface area contributed by atoms with E-state index in [1.54, 1.807) is 30.3 Å². The number of fused-ring (bicyclic) bond motifs is 1. The maximum Gasteiger partial charge on any atom is 0.348 e. The number of esters is 1. The molecule has 0 saturated carbocycles. The number of ether oxygens (including phenoxy) is 1. The first-order valence-electron chi connectivity index (χ1n) is 9.30. The minimum absolute atomic E-state index is 0.0286. The van der Waals surface area contributed by atoms with Gasteiger partial charge in [0.15, 0.2) is 0 Å². The van der Waals surface area contributed by atoms with Crippen molar-refractivity contribution in [2.75, 3.05) is 5.32 Å². The molecule has 0 aliphatic heterocycles. The van der Waals surface area contributed by atoms with Crippen molar-refractivity contribution >= 4 is 51.5 Å². The molecule has 0 bridgehead atoms. The summed E-state index contributed by atoms with van der Waals surface area (Å²) in [6.07, 6.45) is 0. The Morgan fingerprint density at radius 3 is 1.94 bits per heavy atom. The lowest BCUT2D eigenvalue weighted by Crippen LogP contribution is -2.15. The van der Waals surface area contributed by atoms with E-state index in [4.69, 9.17) is 27.9 Å². The Labute approximate surface area is 191 Å². The summed E-state index contributed by atoms with van der Waals surface area (Å²) in [7, 11) is 0. The van der Waals surface area contributed by atoms with Crippen molar-refractivity contribution < 1.29 is 23.1 Å². The van der Waals surface area contributed by atoms with Crippen molar-refractivity contribution in [2.24, 2.45) is 0 Å². The van der Waals surface area contributed by atoms with Crippen LogP contribution in [0.15, 0.2) is 72.8 Å². The van der Waals surface area contributed by atoms with E-state index in [9.17, 15) is 18.4 Å². The molecular formula is C24H13Cl2F2NO3. The van der Waals surface area contributed by atoms with Crippen LogP contribution in [0.1, 0.15) is 20.7 Å². The van der Waals surface area contributed by atoms with Crippen LogP contribution in [0.4, 0.5) is 14.5 Å². The maximum absolute atomic E-state index is 14.1. The lowest BCUT2D eigenvalue weighted by atomic mass is 10.1. The average molecular weight is 472 g/mol. The van der Waals surface area contributed by atoms with E-state index in [1.165, 1.54) is 30.3 Å². The summed E-state index contributed by atoms with van der Waals surface area (Å²) in [5.41, 5.74) is -0.332. The Kier molecular flexibility index (Phi) is 6.08. The monoisotopic (exact) mass is 471 g/mol. The fourth-order valence-corrected chi connectivity index (χ4v) is 3.71. The zero-order valence-corrected chi connectivity index (χ0v) is 17.7. The third-order valence-electron chi connectivity index (χ3n) is 4.69. The van der Waals surface area contributed by atoms with Crippen molar-refractivity contribution in [2.45, 2.75) is 0 Å². The molecule has 0 saturated heterocycles. The third-order valence-corrected chi connectivity index (χ3v) is 5.32. The van der Waals surface area contributed by atoms with E-state index in [0.29, 0.717) is 16.5 Å². The summed E-state index contributed by atoms with van der Waals surface area (Å²) in [5.74, 6) is -3.13. The quantitative estimate of drug-likeness (QED) is 0.260. The first-order valence-corrected chi connectivity index (χ1v) is 10.1. The molecule has 0 fully saturated rings. The largest absolute Gasteiger partial charge is 0.422 e. The molecule has 4 aromatic rings. The van der Waals surface area contributed by atoms with E-state index in [0.717, 1.165) is 12.1 Å². The Hall–Kier alpha value is -3.48. The van der Waals surface area contributed by atoms with E-state index in [2.05, 4.69) is 5.32 Å². The lowest BCUT2D eigenvalue weighted by Gasteiger charge is -2.13. The van der Waals surface area contributed by atoms with Crippen molar-refractivity contribution in [3.63, 3.8) is 0 Å². The highest BCUT2D eigenvalue weighted by Crippen LogP contribution is 2.33. The molecule has 0 heterocycles. The van der Waals surface area contributed by atoms with Gasteiger partial charge in [-0.3, -0.25) is 4.79 Å². The van der Waals surface area contributed by atoms with Gasteiger partial charge in [0.1, 0.15) is 22.9 Å². The first kappa shape index (κ1) is 21.7. The molecule has 0 aliphatic rings. The zero-order valence-electron chi connectivity index (χ0n) is 16.2. The van der Waals surface area contributed by atoms with Crippen molar-refractivity contribution in [3.8, 4) is 5.75 Å². The van der Waals surface area contributed by atoms with Gasteiger partial charge in [-0.1, -0.05) is 59.6 Å². The van der Waals surface area contributed by atoms with Gasteiger partial charge >= 0.3 is 5.97 Å². The lowest BCUT2D eigenvalue weighted by molar-refractivity contribution is 0.0732. The average Bonchev–Trinajstić information content (AvgIpc) is 2.74. The first-order chi connectivity index (χ1) is 15.4. The van der Waals surface area contributed by atoms with E-state index in [1.807, 2.05) is 0 Å². The molecular weight excluding hydrogens is 459 g/mol. The molecule has 0 radical (unpaired) electrons. The molecule has 4 nitrogen and oxygen atoms in total. The molecule has 0 unspecified atom stereocenters. The van der Waals surface area contributed by atoms with Gasteiger partial charge in [0.05, 0.1) is 15.6 Å². The van der Waals surface area contributed by atoms with Crippen LogP contribution in [-0.2, 0) is 0 Å². The van der Waals surface area contributed by atoms with Crippen LogP contribution in [0.2, 0.25) is 10.0 Å². The van der Waals surface area contributed by atoms with Crippen LogP contribution in [-0.4, -0.2) is 11.9 Å². The normalized spacial score (nSPS) is 10.8. The molecule has 0 spiro atoms. The summed E-state index contributed by atoms with van der Waals surface area (Å²) in [4.78, 5) is 25.2. The number of hydrogen-bond donors (Lipinski definition) is 1. The number of anilines is 1. The minimum Gasteiger partial charge on any atom is -0.422 e. The summed E-state index contributed by atoms with van der Waals surface area (Å²) in [5, 5.41) is 3.50. The number of nitrogens with one attached hydrogen (secondary N) is 1. The number of carbonyl (C=O) groups excluding carboxylic acids is 2. The van der Waals surface area contributed by atoms with Gasteiger partial charge < -0.3 is 10.1 Å². The predicted molar refractivity (Wildman–Crippen MR) is 120 cm³/mol. The zero-order chi connectivity index (χ0) is 22.8. The fraction of sp³-hybridized carbons (Fsp3) is 0. The van der Waals surface area contributed by atoms with Gasteiger partial charge in [-0.25, -0.2) is 13.6 Å². The van der Waals surface area contributed by atoms with Gasteiger partial charge in [0.25, 0.3) is 5.91 Å². The van der Waals surface area contributed by atoms with Crippen LogP contribution in [0, 0.1) is 11.6 Å². The molecule has 160 valence electrons. The van der Waals surface area contributed by atoms with E-state index < -0.39 is 23.5 Å². The second-order valence-electron chi connectivity index (χ2n) is 6.69. The topological polar surface area (TPSA) is 55.4 Å². The number of carbonyl (C=O) groups is 2. The Bertz CT molecular complexity index is 1230. The predicted octanol–water partition coefficient (Wildman–Crippen LogP) is 6.90. The number of benzene rings is 4. The standard InChI is InChI=1S/C24H13Cl2F2NO3/c25-15-7-3-9-17(27)21(15)23(30)29-19-11-1-6-14-13(19)5-2-12-20(14)32-24(31)22-16(26)8-4-10-18(22)28/h1-12H,(H,29,30). The minimum atomic E-state index is -0.965. The van der Waals surface area contributed by atoms with Gasteiger partial charge in [-0.2, -0.15) is 0 Å². The molecule has 0 aromatic heterocycles. The number of rotatable bonds is 4. The van der Waals surface area contributed by atoms with Crippen LogP contribution < -0.4 is 10.1 Å². The number of amides is 1. The summed E-state index contributed by atoms with van der Waals surface area (Å²) in [6.45, 7) is 0. The van der Waals surface area contributed by atoms with E-state index >= 15 is 0 Å². The highest BCUT2D eigenvalue weighted by atomic mass is 35.5. The molecule has 4 aromatic carbocycles. The van der Waals surface area contributed by atoms with Crippen molar-refractivity contribution in [1.82, 2.24) is 0 Å². The second kappa shape index (κ2) is 8.94. The fourth-order valence-electron chi connectivity index (χ4n) is 3.22. The molecule has 4 rings (SSSR count). The highest BCUT2D eigenvalue weighted by molar-refractivity contribution is 6.34. The smallest absolute Gasteiger partial charge is 0.348 e. The molecule has 1 N–H and O–H groups in total. The van der Waals surface area contributed by atoms with Gasteiger partial charge in [0, 0.05) is 16.5 Å². The van der Waals surface area contributed by atoms with Crippen LogP contribution in [0.3, 0.4) is 0 Å². The van der Waals surface area contributed by atoms with Crippen molar-refractivity contribution in [3.05, 3.63) is 106 Å². The second-order valence-corrected chi connectivity index (χ2v) is 7.51. The molecule has 8 heteroatoms. The summed E-state index contributed by atoms with van der Waals surface area (Å²) >= 11 is 11.9. The van der Waals surface area contributed by atoms with Gasteiger partial charge in [0.2, 0.25) is 0 Å². The van der Waals surface area contributed by atoms with Crippen LogP contribution in [0.5, 0.6) is 5.75 Å². The van der Waals surface area contributed by atoms with Crippen LogP contribution >= 0.6 is 23.2 Å². The third kappa shape index (κ3) is 4.15. The van der Waals surface area contributed by atoms with E-state index in [-0.39, 0.29) is 26.9 Å². The Balaban J connectivity index is 1.69. The number of hydrogen-bond acceptors (Lipinski definition) is 3. The Morgan fingerprint density at radius 1 is 0.719 bits per heavy atom. The van der Waals surface area contributed by atoms with Crippen LogP contribution in [0.25, 0.3) is 10.8 Å². The highest BCUT2D eigenvalue weighted by Gasteiger charge is 2.20. The SMILES string of the molecule is O=C(Nc1cccc2c(OC(=O)c3c(F)cccc3Cl)cccc12)c1c(F)cccc1Cl. The molecule has 32 heavy (non-hydrogen) atoms. The van der Waals surface area contributed by atoms with Crippen molar-refractivity contribution in [1.29, 1.82) is 0 Å². The summed E-state index contributed by atoms with van der Waals surface area (Å²) in [6, 6.07) is 17.5. The maximum atomic E-state index is 14.1. The van der Waals surface area contributed by atoms with Gasteiger partial charge in [-0.05, 0) is 36.4 Å². The Morgan fingerprint density at radius 2 is 1.28 bits per heavy atom. The molecule has 0 atom stereocenters. The summed E-state index contributed by atoms with van der Waals surface area (Å²) < 4.78 is 33.6. The molecule has 0 aliphatic carbocycles. The van der Waals surface area contributed by atoms with Gasteiger partial charge in [-0.15, -0.1) is 0 Å². The number of halogens is 4.